The summed E-state index contributed by atoms with van der Waals surface area (Å²) in [5.74, 6) is -1.42. The van der Waals surface area contributed by atoms with Crippen molar-refractivity contribution in [1.82, 2.24) is 0 Å². The Bertz CT molecular complexity index is 844. The highest BCUT2D eigenvalue weighted by atomic mass is 35.5. The van der Waals surface area contributed by atoms with Gasteiger partial charge in [0.25, 0.3) is 10.5 Å². The lowest BCUT2D eigenvalue weighted by atomic mass is 9.96. The Kier molecular flexibility index (Phi) is 6.13. The fourth-order valence-electron chi connectivity index (χ4n) is 2.35. The van der Waals surface area contributed by atoms with Crippen molar-refractivity contribution in [1.29, 1.82) is 0 Å². The molecule has 8 heteroatoms. The van der Waals surface area contributed by atoms with Crippen LogP contribution >= 0.6 is 23.2 Å². The van der Waals surface area contributed by atoms with Gasteiger partial charge in [-0.3, -0.25) is 9.59 Å². The van der Waals surface area contributed by atoms with Gasteiger partial charge < -0.3 is 9.47 Å². The summed E-state index contributed by atoms with van der Waals surface area (Å²) in [6.45, 7) is 0. The highest BCUT2D eigenvalue weighted by Gasteiger charge is 2.20. The van der Waals surface area contributed by atoms with Crippen molar-refractivity contribution in [3.63, 3.8) is 0 Å². The topological polar surface area (TPSA) is 86.7 Å². The highest BCUT2D eigenvalue weighted by Crippen LogP contribution is 2.27. The first-order valence-electron chi connectivity index (χ1n) is 7.15. The average Bonchev–Trinajstić information content (AvgIpc) is 2.65. The first kappa shape index (κ1) is 19.6. The molecule has 2 rings (SSSR count). The van der Waals surface area contributed by atoms with Crippen molar-refractivity contribution in [3.05, 3.63) is 58.7 Å². The number of benzene rings is 2. The summed E-state index contributed by atoms with van der Waals surface area (Å²) >= 11 is 11.1. The second-order valence-electron chi connectivity index (χ2n) is 5.05. The van der Waals surface area contributed by atoms with Crippen molar-refractivity contribution in [2.24, 2.45) is 0 Å². The Labute approximate surface area is 158 Å². The second-order valence-corrected chi connectivity index (χ2v) is 5.74. The molecule has 2 aromatic rings. The minimum atomic E-state index is -0.841. The summed E-state index contributed by atoms with van der Waals surface area (Å²) < 4.78 is 9.23. The van der Waals surface area contributed by atoms with Gasteiger partial charge in [-0.15, -0.1) is 0 Å². The van der Waals surface area contributed by atoms with Gasteiger partial charge in [-0.2, -0.15) is 0 Å². The summed E-state index contributed by atoms with van der Waals surface area (Å²) in [6, 6.07) is 8.63. The van der Waals surface area contributed by atoms with E-state index < -0.39 is 22.4 Å². The van der Waals surface area contributed by atoms with Gasteiger partial charge in [-0.25, -0.2) is 9.59 Å². The third-order valence-corrected chi connectivity index (χ3v) is 4.01. The predicted molar refractivity (Wildman–Crippen MR) is 94.9 cm³/mol. The molecule has 0 aliphatic rings. The molecule has 0 spiro atoms. The zero-order chi connectivity index (χ0) is 19.4. The molecule has 0 aliphatic heterocycles. The van der Waals surface area contributed by atoms with Crippen LogP contribution in [0.2, 0.25) is 0 Å². The zero-order valence-electron chi connectivity index (χ0n) is 13.7. The normalized spacial score (nSPS) is 10.2. The van der Waals surface area contributed by atoms with E-state index in [1.807, 2.05) is 0 Å². The molecule has 0 saturated heterocycles. The minimum absolute atomic E-state index is 0.0103. The first-order valence-corrected chi connectivity index (χ1v) is 7.90. The minimum Gasteiger partial charge on any atom is -0.465 e. The van der Waals surface area contributed by atoms with E-state index in [2.05, 4.69) is 9.47 Å². The van der Waals surface area contributed by atoms with Crippen LogP contribution < -0.4 is 0 Å². The number of halogens is 2. The van der Waals surface area contributed by atoms with Gasteiger partial charge >= 0.3 is 11.9 Å². The fourth-order valence-corrected chi connectivity index (χ4v) is 2.66. The van der Waals surface area contributed by atoms with Crippen LogP contribution in [0.4, 0.5) is 0 Å². The van der Waals surface area contributed by atoms with Crippen molar-refractivity contribution >= 4 is 45.6 Å². The second kappa shape index (κ2) is 8.12. The standard InChI is InChI=1S/C18H12Cl2O6/c1-25-17(23)11-5-3-9(7-13(11)15(19)21)10-4-6-12(18(24)26-2)14(8-10)16(20)22/h3-8H,1-2H3. The number of methoxy groups -OCH3 is 2. The molecule has 0 unspecified atom stereocenters. The van der Waals surface area contributed by atoms with Gasteiger partial charge in [0.05, 0.1) is 25.3 Å². The van der Waals surface area contributed by atoms with E-state index >= 15 is 0 Å². The highest BCUT2D eigenvalue weighted by molar-refractivity contribution is 6.68. The summed E-state index contributed by atoms with van der Waals surface area (Å²) in [4.78, 5) is 46.8. The third kappa shape index (κ3) is 3.92. The van der Waals surface area contributed by atoms with E-state index in [0.29, 0.717) is 11.1 Å². The Morgan fingerprint density at radius 3 is 1.27 bits per heavy atom. The monoisotopic (exact) mass is 394 g/mol. The Balaban J connectivity index is 2.61. The molecule has 2 aromatic carbocycles. The first-order chi connectivity index (χ1) is 12.3. The van der Waals surface area contributed by atoms with Crippen molar-refractivity contribution in [3.8, 4) is 11.1 Å². The smallest absolute Gasteiger partial charge is 0.338 e. The van der Waals surface area contributed by atoms with Crippen LogP contribution in [0.15, 0.2) is 36.4 Å². The predicted octanol–water partition coefficient (Wildman–Crippen LogP) is 3.68. The van der Waals surface area contributed by atoms with Gasteiger partial charge in [0.2, 0.25) is 0 Å². The third-order valence-electron chi connectivity index (χ3n) is 3.61. The Hall–Kier alpha value is -2.70. The lowest BCUT2D eigenvalue weighted by molar-refractivity contribution is 0.0590. The molecular weight excluding hydrogens is 383 g/mol. The van der Waals surface area contributed by atoms with Crippen molar-refractivity contribution in [2.75, 3.05) is 14.2 Å². The van der Waals surface area contributed by atoms with Crippen LogP contribution in [0.1, 0.15) is 41.4 Å². The van der Waals surface area contributed by atoms with E-state index in [1.54, 1.807) is 12.1 Å². The van der Waals surface area contributed by atoms with Crippen LogP contribution in [0.25, 0.3) is 11.1 Å². The van der Waals surface area contributed by atoms with Crippen LogP contribution in [-0.2, 0) is 9.47 Å². The van der Waals surface area contributed by atoms with E-state index in [1.165, 1.54) is 38.5 Å². The molecule has 0 atom stereocenters. The number of esters is 2. The Morgan fingerprint density at radius 2 is 1.00 bits per heavy atom. The zero-order valence-corrected chi connectivity index (χ0v) is 15.2. The summed E-state index contributed by atoms with van der Waals surface area (Å²) in [5, 5.41) is -1.68. The molecule has 0 heterocycles. The number of carbonyl (C=O) groups is 4. The molecule has 0 bridgehead atoms. The maximum absolute atomic E-state index is 11.7. The van der Waals surface area contributed by atoms with Gasteiger partial charge in [0, 0.05) is 11.1 Å². The Morgan fingerprint density at radius 1 is 0.654 bits per heavy atom. The van der Waals surface area contributed by atoms with Crippen LogP contribution in [0, 0.1) is 0 Å². The van der Waals surface area contributed by atoms with E-state index in [0.717, 1.165) is 0 Å². The molecule has 26 heavy (non-hydrogen) atoms. The fraction of sp³-hybridized carbons (Fsp3) is 0.111. The van der Waals surface area contributed by atoms with E-state index in [4.69, 9.17) is 23.2 Å². The molecule has 6 nitrogen and oxygen atoms in total. The van der Waals surface area contributed by atoms with Gasteiger partial charge in [0.1, 0.15) is 0 Å². The molecule has 0 fully saturated rings. The molecule has 0 amide bonds. The largest absolute Gasteiger partial charge is 0.465 e. The maximum atomic E-state index is 11.7. The van der Waals surface area contributed by atoms with Gasteiger partial charge in [-0.1, -0.05) is 12.1 Å². The number of hydrogen-bond acceptors (Lipinski definition) is 6. The molecule has 0 radical (unpaired) electrons. The van der Waals surface area contributed by atoms with E-state index in [9.17, 15) is 19.2 Å². The summed E-state index contributed by atoms with van der Waals surface area (Å²) in [7, 11) is 2.37. The summed E-state index contributed by atoms with van der Waals surface area (Å²) in [6.07, 6.45) is 0. The van der Waals surface area contributed by atoms with E-state index in [-0.39, 0.29) is 22.3 Å². The van der Waals surface area contributed by atoms with Crippen LogP contribution in [-0.4, -0.2) is 36.6 Å². The molecule has 0 N–H and O–H groups in total. The number of rotatable bonds is 5. The van der Waals surface area contributed by atoms with Crippen LogP contribution in [0.3, 0.4) is 0 Å². The molecular formula is C18H12Cl2O6. The quantitative estimate of drug-likeness (QED) is 0.567. The van der Waals surface area contributed by atoms with Crippen molar-refractivity contribution < 1.29 is 28.7 Å². The van der Waals surface area contributed by atoms with Gasteiger partial charge in [0.15, 0.2) is 0 Å². The summed E-state index contributed by atoms with van der Waals surface area (Å²) in [5.41, 5.74) is 0.889. The number of carbonyl (C=O) groups excluding carboxylic acids is 4. The molecule has 0 saturated carbocycles. The molecule has 0 aromatic heterocycles. The maximum Gasteiger partial charge on any atom is 0.338 e. The average molecular weight is 395 g/mol. The number of ether oxygens (including phenoxy) is 2. The SMILES string of the molecule is COC(=O)c1ccc(-c2ccc(C(=O)OC)c(C(=O)Cl)c2)cc1C(=O)Cl. The molecule has 134 valence electrons. The van der Waals surface area contributed by atoms with Crippen molar-refractivity contribution in [2.45, 2.75) is 0 Å². The number of hydrogen-bond donors (Lipinski definition) is 0. The molecule has 0 aliphatic carbocycles. The van der Waals surface area contributed by atoms with Crippen LogP contribution in [0.5, 0.6) is 0 Å². The lowest BCUT2D eigenvalue weighted by Crippen LogP contribution is -2.09. The van der Waals surface area contributed by atoms with Gasteiger partial charge in [-0.05, 0) is 58.6 Å². The lowest BCUT2D eigenvalue weighted by Gasteiger charge is -2.10.